The van der Waals surface area contributed by atoms with Crippen LogP contribution in [0.4, 0.5) is 0 Å². The number of rotatable bonds is 4. The van der Waals surface area contributed by atoms with Crippen molar-refractivity contribution >= 4 is 77.6 Å². The zero-order chi connectivity index (χ0) is 55.0. The van der Waals surface area contributed by atoms with Crippen molar-refractivity contribution in [1.29, 1.82) is 0 Å². The molecule has 3 nitrogen and oxygen atoms in total. The summed E-state index contributed by atoms with van der Waals surface area (Å²) in [4.78, 5) is 0. The molecule has 0 N–H and O–H groups in total. The Kier molecular flexibility index (Phi) is 10.4. The third-order valence-corrected chi connectivity index (χ3v) is 18.3. The van der Waals surface area contributed by atoms with Crippen molar-refractivity contribution in [3.05, 3.63) is 215 Å². The Morgan fingerprint density at radius 3 is 1.51 bits per heavy atom. The molecule has 0 fully saturated rings. The van der Waals surface area contributed by atoms with Crippen LogP contribution in [0.15, 0.2) is 182 Å². The van der Waals surface area contributed by atoms with E-state index in [2.05, 4.69) is 293 Å². The van der Waals surface area contributed by atoms with E-state index in [1.54, 1.807) is 0 Å². The topological polar surface area (TPSA) is 14.8 Å². The van der Waals surface area contributed by atoms with Gasteiger partial charge in [-0.25, -0.2) is 0 Å². The molecule has 14 rings (SSSR count). The van der Waals surface area contributed by atoms with Gasteiger partial charge in [-0.2, -0.15) is 0 Å². The van der Waals surface area contributed by atoms with Crippen LogP contribution in [0.5, 0.6) is 0 Å². The van der Waals surface area contributed by atoms with Gasteiger partial charge < -0.3 is 13.7 Å². The molecular weight excluding hydrogens is 954 g/mol. The highest BCUT2D eigenvalue weighted by molar-refractivity contribution is 6.99. The molecule has 390 valence electrons. The van der Waals surface area contributed by atoms with Gasteiger partial charge in [-0.1, -0.05) is 230 Å². The molecule has 0 amide bonds. The van der Waals surface area contributed by atoms with E-state index in [1.165, 1.54) is 144 Å². The maximum atomic E-state index is 2.71. The Hall–Kier alpha value is -7.82. The zero-order valence-corrected chi connectivity index (χ0v) is 48.7. The molecule has 0 atom stereocenters. The molecule has 79 heavy (non-hydrogen) atoms. The number of nitrogens with zero attached hydrogens (tertiary/aromatic N) is 3. The van der Waals surface area contributed by atoms with Gasteiger partial charge in [0.25, 0.3) is 0 Å². The fourth-order valence-corrected chi connectivity index (χ4v) is 14.0. The third-order valence-electron chi connectivity index (χ3n) is 18.3. The molecule has 0 spiro atoms. The van der Waals surface area contributed by atoms with Gasteiger partial charge in [0.1, 0.15) is 0 Å². The Balaban J connectivity index is 1.18. The number of hydrogen-bond donors (Lipinski definition) is 0. The second kappa shape index (κ2) is 16.6. The first-order valence-electron chi connectivity index (χ1n) is 28.8. The molecular formula is C75H72BN3. The molecule has 0 unspecified atom stereocenters. The lowest BCUT2D eigenvalue weighted by Crippen LogP contribution is -2.63. The summed E-state index contributed by atoms with van der Waals surface area (Å²) in [6, 6.07) is 70.8. The summed E-state index contributed by atoms with van der Waals surface area (Å²) in [7, 11) is 0. The summed E-state index contributed by atoms with van der Waals surface area (Å²) in [5.74, 6) is 0. The largest absolute Gasteiger partial charge is 0.310 e. The van der Waals surface area contributed by atoms with Gasteiger partial charge in [0.15, 0.2) is 0 Å². The molecule has 0 radical (unpaired) electrons. The fraction of sp³-hybridized carbons (Fsp3) is 0.253. The maximum Gasteiger partial charge on any atom is 0.247 e. The van der Waals surface area contributed by atoms with E-state index >= 15 is 0 Å². The second-order valence-corrected chi connectivity index (χ2v) is 27.9. The Morgan fingerprint density at radius 1 is 0.367 bits per heavy atom. The summed E-state index contributed by atoms with van der Waals surface area (Å²) >= 11 is 0. The second-order valence-electron chi connectivity index (χ2n) is 27.9. The van der Waals surface area contributed by atoms with Crippen molar-refractivity contribution in [1.82, 2.24) is 13.7 Å². The molecule has 0 saturated heterocycles. The first-order chi connectivity index (χ1) is 37.5. The third kappa shape index (κ3) is 7.25. The average Bonchev–Trinajstić information content (AvgIpc) is 4.26. The average molecular weight is 1030 g/mol. The van der Waals surface area contributed by atoms with Crippen molar-refractivity contribution in [2.24, 2.45) is 0 Å². The van der Waals surface area contributed by atoms with Crippen molar-refractivity contribution in [3.63, 3.8) is 0 Å². The summed E-state index contributed by atoms with van der Waals surface area (Å²) in [5.41, 5.74) is 26.7. The number of benzene rings is 9. The van der Waals surface area contributed by atoms with Crippen LogP contribution in [0.2, 0.25) is 0 Å². The van der Waals surface area contributed by atoms with Gasteiger partial charge in [0.2, 0.25) is 6.71 Å². The summed E-state index contributed by atoms with van der Waals surface area (Å²) < 4.78 is 7.88. The van der Waals surface area contributed by atoms with Crippen LogP contribution in [0.1, 0.15) is 130 Å². The van der Waals surface area contributed by atoms with Crippen LogP contribution in [-0.2, 0) is 27.1 Å². The molecule has 2 aliphatic rings. The van der Waals surface area contributed by atoms with Crippen molar-refractivity contribution in [3.8, 4) is 39.4 Å². The van der Waals surface area contributed by atoms with Crippen LogP contribution < -0.4 is 16.4 Å². The van der Waals surface area contributed by atoms with Crippen LogP contribution in [-0.4, -0.2) is 20.4 Å². The van der Waals surface area contributed by atoms with Gasteiger partial charge in [-0.3, -0.25) is 0 Å². The molecule has 2 aliphatic heterocycles. The lowest BCUT2D eigenvalue weighted by Gasteiger charge is -2.43. The van der Waals surface area contributed by atoms with E-state index in [4.69, 9.17) is 0 Å². The zero-order valence-electron chi connectivity index (χ0n) is 48.7. The smallest absolute Gasteiger partial charge is 0.247 e. The van der Waals surface area contributed by atoms with E-state index < -0.39 is 0 Å². The predicted octanol–water partition coefficient (Wildman–Crippen LogP) is 17.8. The Labute approximate surface area is 467 Å². The van der Waals surface area contributed by atoms with Crippen molar-refractivity contribution < 1.29 is 0 Å². The van der Waals surface area contributed by atoms with Crippen LogP contribution in [0.25, 0.3) is 94.0 Å². The Bertz CT molecular complexity index is 4490. The normalized spacial score (nSPS) is 14.3. The molecule has 0 bridgehead atoms. The van der Waals surface area contributed by atoms with E-state index in [0.717, 1.165) is 0 Å². The highest BCUT2D eigenvalue weighted by atomic mass is 15.0. The number of aromatic nitrogens is 3. The van der Waals surface area contributed by atoms with E-state index in [1.807, 2.05) is 0 Å². The van der Waals surface area contributed by atoms with Crippen LogP contribution in [0.3, 0.4) is 0 Å². The van der Waals surface area contributed by atoms with E-state index in [-0.39, 0.29) is 33.8 Å². The summed E-state index contributed by atoms with van der Waals surface area (Å²) in [5, 5.41) is 6.47. The Morgan fingerprint density at radius 2 is 0.899 bits per heavy atom. The number of fused-ring (bicyclic) bond motifs is 12. The minimum Gasteiger partial charge on any atom is -0.310 e. The van der Waals surface area contributed by atoms with Gasteiger partial charge >= 0.3 is 0 Å². The lowest BCUT2D eigenvalue weighted by molar-refractivity contribution is 0.582. The minimum absolute atomic E-state index is 0.0254. The highest BCUT2D eigenvalue weighted by Crippen LogP contribution is 2.49. The molecule has 12 aromatic rings. The molecule has 4 heteroatoms. The molecule has 0 saturated carbocycles. The van der Waals surface area contributed by atoms with E-state index in [0.29, 0.717) is 0 Å². The number of para-hydroxylation sites is 1. The van der Waals surface area contributed by atoms with Gasteiger partial charge in [-0.15, -0.1) is 0 Å². The molecule has 0 aliphatic carbocycles. The lowest BCUT2D eigenvalue weighted by atomic mass is 9.30. The van der Waals surface area contributed by atoms with Crippen molar-refractivity contribution in [2.75, 3.05) is 0 Å². The first kappa shape index (κ1) is 49.5. The predicted molar refractivity (Wildman–Crippen MR) is 341 cm³/mol. The van der Waals surface area contributed by atoms with Crippen LogP contribution >= 0.6 is 0 Å². The fourth-order valence-electron chi connectivity index (χ4n) is 14.0. The van der Waals surface area contributed by atoms with Gasteiger partial charge in [0.05, 0.1) is 33.3 Å². The highest BCUT2D eigenvalue weighted by Gasteiger charge is 2.47. The minimum atomic E-state index is -0.366. The SMILES string of the molecule is CC(C)(C)c1ccc(-n2c(-c3ccccc3)c(-c3ccccc3)c3cc4c(cc32)C(C)(C)c2cc(C(C)(C)C)cc3c2B4c2cc4c5ccccc5n(-c5ccc(C(C)(C)C)cc5)c4c4c5cc(C(C)(C)C)ccc5n-3c24)cc1. The number of hydrogen-bond acceptors (Lipinski definition) is 0. The van der Waals surface area contributed by atoms with Gasteiger partial charge in [-0.05, 0) is 132 Å². The standard InChI is InChI=1S/C75H72BN3/c1-71(2,3)47-29-34-51(35-30-47)77-61-28-22-21-27-53(61)54-42-60-70-66(69(54)77)55-39-49(73(7,8)9)33-38-62(55)79(70)64-41-50(74(10,11)12)40-58-67(64)76(60)59-43-56-63(44-57(59)75(58,13)14)78(52-36-31-48(32-37-52)72(4,5)6)68(46-25-19-16-20-26-46)65(56)45-23-17-15-18-24-45/h15-44H,1-14H3. The van der Waals surface area contributed by atoms with Gasteiger partial charge in [0, 0.05) is 55.0 Å². The molecule has 9 aromatic carbocycles. The van der Waals surface area contributed by atoms with Crippen molar-refractivity contribution in [2.45, 2.75) is 124 Å². The first-order valence-corrected chi connectivity index (χ1v) is 28.8. The van der Waals surface area contributed by atoms with E-state index in [9.17, 15) is 0 Å². The summed E-state index contributed by atoms with van der Waals surface area (Å²) in [6.45, 7) is 33.1. The quantitative estimate of drug-likeness (QED) is 0.156. The maximum absolute atomic E-state index is 2.71. The molecule has 3 aromatic heterocycles. The molecule has 5 heterocycles. The summed E-state index contributed by atoms with van der Waals surface area (Å²) in [6.07, 6.45) is 0. The van der Waals surface area contributed by atoms with Crippen LogP contribution in [0, 0.1) is 0 Å². The monoisotopic (exact) mass is 1030 g/mol.